The molecule has 0 saturated carbocycles. The Kier molecular flexibility index (Phi) is 29.0. The predicted octanol–water partition coefficient (Wildman–Crippen LogP) is 5.76. The minimum Gasteiger partial charge on any atom is -0.480 e. The molecule has 4 amide bonds. The number of carbonyl (C=O) groups excluding carboxylic acids is 4. The molecule has 0 bridgehead atoms. The van der Waals surface area contributed by atoms with Crippen molar-refractivity contribution in [1.29, 1.82) is 0 Å². The van der Waals surface area contributed by atoms with Gasteiger partial charge in [-0.05, 0) is 25.7 Å². The average molecular weight is 683 g/mol. The SMILES string of the molecule is CCCCCCCCCCCC(=O)N[C@@H](CCC(=O)NCCNC(=O)CC[C@H](NC(=O)CCCCCCCCCCC)C(=O)O)C(=O)O. The van der Waals surface area contributed by atoms with Crippen molar-refractivity contribution >= 4 is 35.6 Å². The fourth-order valence-corrected chi connectivity index (χ4v) is 5.37. The molecule has 0 unspecified atom stereocenters. The third-order valence-corrected chi connectivity index (χ3v) is 8.37. The second-order valence-corrected chi connectivity index (χ2v) is 12.9. The molecule has 2 atom stereocenters. The van der Waals surface area contributed by atoms with Crippen LogP contribution in [0.4, 0.5) is 0 Å². The summed E-state index contributed by atoms with van der Waals surface area (Å²) in [6, 6.07) is -2.32. The number of amides is 4. The summed E-state index contributed by atoms with van der Waals surface area (Å²) in [5, 5.41) is 29.1. The summed E-state index contributed by atoms with van der Waals surface area (Å²) in [6.07, 6.45) is 20.2. The van der Waals surface area contributed by atoms with Crippen molar-refractivity contribution in [3.05, 3.63) is 0 Å². The molecule has 0 aliphatic heterocycles. The summed E-state index contributed by atoms with van der Waals surface area (Å²) in [7, 11) is 0. The quantitative estimate of drug-likeness (QED) is 0.0471. The molecular weight excluding hydrogens is 616 g/mol. The third-order valence-electron chi connectivity index (χ3n) is 8.37. The van der Waals surface area contributed by atoms with Crippen molar-refractivity contribution < 1.29 is 39.0 Å². The first-order valence-corrected chi connectivity index (χ1v) is 18.7. The second-order valence-electron chi connectivity index (χ2n) is 12.9. The van der Waals surface area contributed by atoms with Gasteiger partial charge in [0.1, 0.15) is 12.1 Å². The second kappa shape index (κ2) is 31.1. The topological polar surface area (TPSA) is 191 Å². The van der Waals surface area contributed by atoms with E-state index in [1.165, 1.54) is 64.2 Å². The number of nitrogens with one attached hydrogen (secondary N) is 4. The fourth-order valence-electron chi connectivity index (χ4n) is 5.37. The van der Waals surface area contributed by atoms with Gasteiger partial charge in [-0.3, -0.25) is 19.2 Å². The van der Waals surface area contributed by atoms with E-state index in [1.54, 1.807) is 0 Å². The van der Waals surface area contributed by atoms with Crippen molar-refractivity contribution in [1.82, 2.24) is 21.3 Å². The molecule has 48 heavy (non-hydrogen) atoms. The van der Waals surface area contributed by atoms with Gasteiger partial charge < -0.3 is 31.5 Å². The van der Waals surface area contributed by atoms with Crippen LogP contribution in [0, 0.1) is 0 Å². The molecule has 6 N–H and O–H groups in total. The van der Waals surface area contributed by atoms with Crippen LogP contribution in [0.15, 0.2) is 0 Å². The number of hydrogen-bond acceptors (Lipinski definition) is 6. The van der Waals surface area contributed by atoms with Gasteiger partial charge in [0.05, 0.1) is 0 Å². The maximum atomic E-state index is 12.2. The Hall–Kier alpha value is -3.18. The average Bonchev–Trinajstić information content (AvgIpc) is 3.05. The number of carboxylic acids is 2. The van der Waals surface area contributed by atoms with Crippen LogP contribution < -0.4 is 21.3 Å². The van der Waals surface area contributed by atoms with E-state index in [9.17, 15) is 39.0 Å². The molecule has 0 aromatic rings. The smallest absolute Gasteiger partial charge is 0.326 e. The molecule has 0 rings (SSSR count). The molecule has 278 valence electrons. The molecule has 0 aromatic carbocycles. The first-order chi connectivity index (χ1) is 23.1. The van der Waals surface area contributed by atoms with Crippen molar-refractivity contribution in [2.45, 2.75) is 180 Å². The largest absolute Gasteiger partial charge is 0.480 e. The van der Waals surface area contributed by atoms with Crippen LogP contribution in [-0.4, -0.2) is 71.0 Å². The van der Waals surface area contributed by atoms with Gasteiger partial charge in [-0.1, -0.05) is 117 Å². The van der Waals surface area contributed by atoms with Gasteiger partial charge in [-0.2, -0.15) is 0 Å². The van der Waals surface area contributed by atoms with Crippen LogP contribution in [-0.2, 0) is 28.8 Å². The molecular formula is C36H66N4O8. The van der Waals surface area contributed by atoms with E-state index in [1.807, 2.05) is 0 Å². The Morgan fingerprint density at radius 2 is 0.708 bits per heavy atom. The lowest BCUT2D eigenvalue weighted by molar-refractivity contribution is -0.142. The molecule has 0 fully saturated rings. The van der Waals surface area contributed by atoms with Crippen LogP contribution in [0.2, 0.25) is 0 Å². The number of rotatable bonds is 33. The monoisotopic (exact) mass is 682 g/mol. The summed E-state index contributed by atoms with van der Waals surface area (Å²) in [6.45, 7) is 4.58. The lowest BCUT2D eigenvalue weighted by atomic mass is 10.1. The maximum Gasteiger partial charge on any atom is 0.326 e. The van der Waals surface area contributed by atoms with E-state index in [0.717, 1.165) is 38.5 Å². The molecule has 0 saturated heterocycles. The van der Waals surface area contributed by atoms with Gasteiger partial charge in [0, 0.05) is 38.8 Å². The van der Waals surface area contributed by atoms with Crippen LogP contribution in [0.1, 0.15) is 168 Å². The van der Waals surface area contributed by atoms with Crippen molar-refractivity contribution in [3.63, 3.8) is 0 Å². The molecule has 0 radical (unpaired) electrons. The summed E-state index contributed by atoms with van der Waals surface area (Å²) >= 11 is 0. The Morgan fingerprint density at radius 1 is 0.417 bits per heavy atom. The third kappa shape index (κ3) is 27.9. The Morgan fingerprint density at radius 3 is 1.00 bits per heavy atom. The minimum absolute atomic E-state index is 0.0571. The minimum atomic E-state index is -1.20. The van der Waals surface area contributed by atoms with Gasteiger partial charge in [-0.25, -0.2) is 9.59 Å². The first kappa shape index (κ1) is 44.8. The Balaban J connectivity index is 4.09. The van der Waals surface area contributed by atoms with Crippen LogP contribution in [0.5, 0.6) is 0 Å². The van der Waals surface area contributed by atoms with Crippen molar-refractivity contribution in [2.24, 2.45) is 0 Å². The number of unbranched alkanes of at least 4 members (excludes halogenated alkanes) is 16. The standard InChI is InChI=1S/C36H66N4O8/c1-3-5-7-9-11-13-15-17-19-21-33(43)39-29(35(45)46)23-25-31(41)37-27-28-38-32(42)26-24-30(36(47)48)40-34(44)22-20-18-16-14-12-10-8-6-4-2/h29-30H,3-28H2,1-2H3,(H,37,41)(H,38,42)(H,39,43)(H,40,44)(H,45,46)(H,47,48)/t29-,30-/m0/s1. The highest BCUT2D eigenvalue weighted by molar-refractivity contribution is 5.85. The lowest BCUT2D eigenvalue weighted by Crippen LogP contribution is -2.42. The number of carbonyl (C=O) groups is 6. The molecule has 0 aromatic heterocycles. The number of carboxylic acid groups (broad SMARTS) is 2. The predicted molar refractivity (Wildman–Crippen MR) is 187 cm³/mol. The zero-order chi connectivity index (χ0) is 35.8. The molecule has 12 nitrogen and oxygen atoms in total. The number of hydrogen-bond donors (Lipinski definition) is 6. The summed E-state index contributed by atoms with van der Waals surface area (Å²) in [4.78, 5) is 71.9. The van der Waals surface area contributed by atoms with E-state index in [0.29, 0.717) is 12.8 Å². The van der Waals surface area contributed by atoms with Gasteiger partial charge in [0.25, 0.3) is 0 Å². The fraction of sp³-hybridized carbons (Fsp3) is 0.833. The van der Waals surface area contributed by atoms with E-state index in [2.05, 4.69) is 35.1 Å². The van der Waals surface area contributed by atoms with E-state index in [-0.39, 0.29) is 63.4 Å². The summed E-state index contributed by atoms with van der Waals surface area (Å²) < 4.78 is 0. The molecule has 0 aliphatic carbocycles. The Bertz CT molecular complexity index is 842. The zero-order valence-electron chi connectivity index (χ0n) is 29.9. The summed E-state index contributed by atoms with van der Waals surface area (Å²) in [5.74, 6) is -3.90. The zero-order valence-corrected chi connectivity index (χ0v) is 29.9. The van der Waals surface area contributed by atoms with Gasteiger partial charge in [0.15, 0.2) is 0 Å². The van der Waals surface area contributed by atoms with Gasteiger partial charge in [-0.15, -0.1) is 0 Å². The van der Waals surface area contributed by atoms with E-state index < -0.39 is 35.8 Å². The lowest BCUT2D eigenvalue weighted by Gasteiger charge is -2.15. The highest BCUT2D eigenvalue weighted by atomic mass is 16.4. The normalized spacial score (nSPS) is 12.1. The molecule has 0 aliphatic rings. The molecule has 0 heterocycles. The van der Waals surface area contributed by atoms with Crippen molar-refractivity contribution in [3.8, 4) is 0 Å². The molecule has 12 heteroatoms. The first-order valence-electron chi connectivity index (χ1n) is 18.7. The Labute approximate surface area is 288 Å². The van der Waals surface area contributed by atoms with Crippen LogP contribution in [0.25, 0.3) is 0 Å². The van der Waals surface area contributed by atoms with E-state index >= 15 is 0 Å². The highest BCUT2D eigenvalue weighted by Crippen LogP contribution is 2.12. The van der Waals surface area contributed by atoms with Crippen LogP contribution in [0.3, 0.4) is 0 Å². The van der Waals surface area contributed by atoms with Gasteiger partial charge in [0.2, 0.25) is 23.6 Å². The van der Waals surface area contributed by atoms with Crippen molar-refractivity contribution in [2.75, 3.05) is 13.1 Å². The van der Waals surface area contributed by atoms with Gasteiger partial charge >= 0.3 is 11.9 Å². The summed E-state index contributed by atoms with van der Waals surface area (Å²) in [5.41, 5.74) is 0. The van der Waals surface area contributed by atoms with E-state index in [4.69, 9.17) is 0 Å². The molecule has 0 spiro atoms. The highest BCUT2D eigenvalue weighted by Gasteiger charge is 2.22. The number of aliphatic carboxylic acids is 2. The maximum absolute atomic E-state index is 12.2. The van der Waals surface area contributed by atoms with Crippen LogP contribution >= 0.6 is 0 Å².